The fourth-order valence-corrected chi connectivity index (χ4v) is 5.30. The fourth-order valence-electron chi connectivity index (χ4n) is 5.30. The maximum Gasteiger partial charge on any atom is 0.0746 e. The Kier molecular flexibility index (Phi) is 5.11. The Balaban J connectivity index is 1.34. The Bertz CT molecular complexity index is 918. The zero-order valence-electron chi connectivity index (χ0n) is 16.5. The molecule has 144 valence electrons. The lowest BCUT2D eigenvalue weighted by Gasteiger charge is -2.35. The minimum atomic E-state index is 0.671. The molecule has 1 aromatic heterocycles. The average Bonchev–Trinajstić information content (AvgIpc) is 3.38. The van der Waals surface area contributed by atoms with Crippen LogP contribution in [0.3, 0.4) is 0 Å². The molecular formula is C25H29N3. The molecule has 2 atom stereocenters. The van der Waals surface area contributed by atoms with Gasteiger partial charge in [-0.05, 0) is 56.0 Å². The lowest BCUT2D eigenvalue weighted by atomic mass is 10.0. The van der Waals surface area contributed by atoms with Gasteiger partial charge in [-0.1, -0.05) is 54.6 Å². The van der Waals surface area contributed by atoms with Crippen LogP contribution in [0.4, 0.5) is 0 Å². The van der Waals surface area contributed by atoms with E-state index in [9.17, 15) is 0 Å². The van der Waals surface area contributed by atoms with Gasteiger partial charge in [0.25, 0.3) is 0 Å². The number of aromatic nitrogens is 1. The van der Waals surface area contributed by atoms with Gasteiger partial charge in [-0.3, -0.25) is 14.8 Å². The number of para-hydroxylation sites is 1. The number of hydrogen-bond donors (Lipinski definition) is 0. The SMILES string of the molecule is c1ccc(CN2CCCC2C2CCCN2Cc2cccc3cccnc23)cc1. The van der Waals surface area contributed by atoms with Gasteiger partial charge in [-0.15, -0.1) is 0 Å². The summed E-state index contributed by atoms with van der Waals surface area (Å²) in [5, 5.41) is 1.25. The number of nitrogens with zero attached hydrogens (tertiary/aromatic N) is 3. The van der Waals surface area contributed by atoms with Gasteiger partial charge in [-0.2, -0.15) is 0 Å². The third-order valence-electron chi connectivity index (χ3n) is 6.59. The molecule has 2 aromatic carbocycles. The van der Waals surface area contributed by atoms with Gasteiger partial charge in [0, 0.05) is 36.8 Å². The molecule has 0 bridgehead atoms. The molecule has 0 spiro atoms. The molecule has 0 radical (unpaired) electrons. The van der Waals surface area contributed by atoms with Crippen molar-refractivity contribution in [3.63, 3.8) is 0 Å². The summed E-state index contributed by atoms with van der Waals surface area (Å²) in [5.41, 5.74) is 3.98. The van der Waals surface area contributed by atoms with E-state index in [1.165, 1.54) is 60.8 Å². The molecule has 3 nitrogen and oxygen atoms in total. The van der Waals surface area contributed by atoms with Crippen molar-refractivity contribution < 1.29 is 0 Å². The van der Waals surface area contributed by atoms with E-state index in [1.54, 1.807) is 0 Å². The Morgan fingerprint density at radius 1 is 0.750 bits per heavy atom. The number of hydrogen-bond acceptors (Lipinski definition) is 3. The smallest absolute Gasteiger partial charge is 0.0746 e. The maximum absolute atomic E-state index is 4.68. The van der Waals surface area contributed by atoms with E-state index >= 15 is 0 Å². The highest BCUT2D eigenvalue weighted by Crippen LogP contribution is 2.32. The van der Waals surface area contributed by atoms with Crippen molar-refractivity contribution in [1.82, 2.24) is 14.8 Å². The second kappa shape index (κ2) is 8.02. The highest BCUT2D eigenvalue weighted by molar-refractivity contribution is 5.81. The van der Waals surface area contributed by atoms with E-state index in [0.717, 1.165) is 13.1 Å². The molecule has 0 amide bonds. The van der Waals surface area contributed by atoms with E-state index in [1.807, 2.05) is 12.3 Å². The lowest BCUT2D eigenvalue weighted by Crippen LogP contribution is -2.45. The van der Waals surface area contributed by atoms with Gasteiger partial charge >= 0.3 is 0 Å². The monoisotopic (exact) mass is 371 g/mol. The first-order valence-electron chi connectivity index (χ1n) is 10.7. The highest BCUT2D eigenvalue weighted by atomic mass is 15.3. The summed E-state index contributed by atoms with van der Waals surface area (Å²) in [5.74, 6) is 0. The topological polar surface area (TPSA) is 19.4 Å². The normalized spacial score (nSPS) is 23.6. The van der Waals surface area contributed by atoms with Crippen molar-refractivity contribution >= 4 is 10.9 Å². The number of rotatable bonds is 5. The van der Waals surface area contributed by atoms with Crippen LogP contribution in [-0.2, 0) is 13.1 Å². The molecule has 2 aliphatic rings. The molecular weight excluding hydrogens is 342 g/mol. The summed E-state index contributed by atoms with van der Waals surface area (Å²) in [6.07, 6.45) is 7.23. The Labute approximate surface area is 168 Å². The Hall–Kier alpha value is -2.23. The fraction of sp³-hybridized carbons (Fsp3) is 0.400. The molecule has 0 N–H and O–H groups in total. The molecule has 2 aliphatic heterocycles. The largest absolute Gasteiger partial charge is 0.295 e. The second-order valence-corrected chi connectivity index (χ2v) is 8.34. The van der Waals surface area contributed by atoms with E-state index in [2.05, 4.69) is 69.4 Å². The van der Waals surface area contributed by atoms with Gasteiger partial charge in [0.2, 0.25) is 0 Å². The van der Waals surface area contributed by atoms with Gasteiger partial charge in [0.05, 0.1) is 5.52 Å². The molecule has 3 aromatic rings. The molecule has 2 fully saturated rings. The first kappa shape index (κ1) is 17.8. The quantitative estimate of drug-likeness (QED) is 0.638. The van der Waals surface area contributed by atoms with Crippen molar-refractivity contribution in [2.24, 2.45) is 0 Å². The van der Waals surface area contributed by atoms with Crippen LogP contribution in [-0.4, -0.2) is 40.0 Å². The molecule has 0 aliphatic carbocycles. The summed E-state index contributed by atoms with van der Waals surface area (Å²) in [6, 6.07) is 23.2. The first-order chi connectivity index (χ1) is 13.9. The van der Waals surface area contributed by atoms with Crippen molar-refractivity contribution in [3.05, 3.63) is 78.0 Å². The van der Waals surface area contributed by atoms with E-state index in [4.69, 9.17) is 0 Å². The van der Waals surface area contributed by atoms with Crippen LogP contribution in [0, 0.1) is 0 Å². The minimum Gasteiger partial charge on any atom is -0.295 e. The summed E-state index contributed by atoms with van der Waals surface area (Å²) < 4.78 is 0. The molecule has 0 saturated carbocycles. The van der Waals surface area contributed by atoms with Crippen molar-refractivity contribution in [1.29, 1.82) is 0 Å². The van der Waals surface area contributed by atoms with Gasteiger partial charge in [0.15, 0.2) is 0 Å². The van der Waals surface area contributed by atoms with Crippen LogP contribution in [0.5, 0.6) is 0 Å². The summed E-state index contributed by atoms with van der Waals surface area (Å²) in [4.78, 5) is 10.1. The number of benzene rings is 2. The molecule has 3 heteroatoms. The van der Waals surface area contributed by atoms with Gasteiger partial charge < -0.3 is 0 Å². The predicted molar refractivity (Wildman–Crippen MR) is 115 cm³/mol. The number of likely N-dealkylation sites (tertiary alicyclic amines) is 2. The minimum absolute atomic E-state index is 0.671. The molecule has 2 unspecified atom stereocenters. The van der Waals surface area contributed by atoms with E-state index < -0.39 is 0 Å². The molecule has 28 heavy (non-hydrogen) atoms. The summed E-state index contributed by atoms with van der Waals surface area (Å²) in [6.45, 7) is 4.56. The average molecular weight is 372 g/mol. The third kappa shape index (κ3) is 3.57. The molecule has 3 heterocycles. The zero-order chi connectivity index (χ0) is 18.8. The van der Waals surface area contributed by atoms with Crippen LogP contribution in [0.1, 0.15) is 36.8 Å². The number of fused-ring (bicyclic) bond motifs is 1. The van der Waals surface area contributed by atoms with Crippen LogP contribution >= 0.6 is 0 Å². The summed E-state index contributed by atoms with van der Waals surface area (Å²) in [7, 11) is 0. The van der Waals surface area contributed by atoms with Crippen LogP contribution in [0.2, 0.25) is 0 Å². The van der Waals surface area contributed by atoms with Crippen molar-refractivity contribution in [2.75, 3.05) is 13.1 Å². The highest BCUT2D eigenvalue weighted by Gasteiger charge is 2.37. The Morgan fingerprint density at radius 2 is 1.46 bits per heavy atom. The third-order valence-corrected chi connectivity index (χ3v) is 6.59. The number of pyridine rings is 1. The standard InChI is InChI=1S/C25H29N3/c1-2-8-20(9-3-1)18-27-16-6-13-23(27)24-14-7-17-28(24)19-22-11-4-10-21-12-5-15-26-25(21)22/h1-5,8-12,15,23-24H,6-7,13-14,16-19H2. The second-order valence-electron chi connectivity index (χ2n) is 8.34. The molecule has 2 saturated heterocycles. The zero-order valence-corrected chi connectivity index (χ0v) is 16.5. The van der Waals surface area contributed by atoms with Crippen molar-refractivity contribution in [2.45, 2.75) is 50.9 Å². The van der Waals surface area contributed by atoms with Crippen LogP contribution in [0.15, 0.2) is 66.9 Å². The van der Waals surface area contributed by atoms with Crippen LogP contribution in [0.25, 0.3) is 10.9 Å². The summed E-state index contributed by atoms with van der Waals surface area (Å²) >= 11 is 0. The predicted octanol–water partition coefficient (Wildman–Crippen LogP) is 4.86. The van der Waals surface area contributed by atoms with E-state index in [0.29, 0.717) is 12.1 Å². The lowest BCUT2D eigenvalue weighted by molar-refractivity contribution is 0.124. The van der Waals surface area contributed by atoms with Gasteiger partial charge in [-0.25, -0.2) is 0 Å². The van der Waals surface area contributed by atoms with Gasteiger partial charge in [0.1, 0.15) is 0 Å². The van der Waals surface area contributed by atoms with Crippen molar-refractivity contribution in [3.8, 4) is 0 Å². The first-order valence-corrected chi connectivity index (χ1v) is 10.7. The maximum atomic E-state index is 4.68. The van der Waals surface area contributed by atoms with Crippen LogP contribution < -0.4 is 0 Å². The molecule has 5 rings (SSSR count). The Morgan fingerprint density at radius 3 is 2.25 bits per heavy atom. The van der Waals surface area contributed by atoms with E-state index in [-0.39, 0.29) is 0 Å².